The van der Waals surface area contributed by atoms with Gasteiger partial charge in [-0.1, -0.05) is 49.8 Å². The number of ketones is 2. The fourth-order valence-electron chi connectivity index (χ4n) is 11.0. The zero-order chi connectivity index (χ0) is 41.6. The number of carbonyl (C=O) groups excluding carboxylic acids is 5. The summed E-state index contributed by atoms with van der Waals surface area (Å²) in [6.45, 7) is 2.70. The van der Waals surface area contributed by atoms with E-state index in [2.05, 4.69) is 27.7 Å². The first-order chi connectivity index (χ1) is 27.6. The van der Waals surface area contributed by atoms with Gasteiger partial charge in [-0.2, -0.15) is 0 Å². The number of ether oxygens (including phenoxy) is 3. The summed E-state index contributed by atoms with van der Waals surface area (Å²) in [4.78, 5) is 79.4. The normalized spacial score (nSPS) is 34.6. The first-order valence-electron chi connectivity index (χ1n) is 19.8. The minimum atomic E-state index is -1.49. The molecule has 2 aliphatic heterocycles. The van der Waals surface area contributed by atoms with E-state index in [0.717, 1.165) is 17.6 Å². The third-order valence-electron chi connectivity index (χ3n) is 13.7. The molecular formula is C41H52N4O13. The van der Waals surface area contributed by atoms with Crippen molar-refractivity contribution < 1.29 is 63.1 Å². The summed E-state index contributed by atoms with van der Waals surface area (Å²) in [5.74, 6) is 1.05. The number of nitrogens with one attached hydrogen (secondary N) is 3. The molecule has 1 aromatic rings. The summed E-state index contributed by atoms with van der Waals surface area (Å²) in [5, 5.41) is 39.2. The summed E-state index contributed by atoms with van der Waals surface area (Å²) in [6, 6.07) is 6.10. The van der Waals surface area contributed by atoms with Crippen molar-refractivity contribution in [3.8, 4) is 0 Å². The molecule has 5 fully saturated rings. The Hall–Kier alpha value is -4.36. The Morgan fingerprint density at radius 3 is 2.48 bits per heavy atom. The molecule has 0 bridgehead atoms. The molecule has 3 saturated carbocycles. The van der Waals surface area contributed by atoms with Crippen molar-refractivity contribution in [1.29, 1.82) is 0 Å². The van der Waals surface area contributed by atoms with Crippen LogP contribution in [0, 0.1) is 28.6 Å². The predicted octanol–water partition coefficient (Wildman–Crippen LogP) is 0.0732. The van der Waals surface area contributed by atoms with Gasteiger partial charge in [-0.15, -0.1) is 0 Å². The SMILES string of the molecule is C[C@]12C=CC(=O)C=C1CCC1[C@@H]2[C@@H](O)C[C@@]2(C)[C@H]1C[C@H]1O[C@@H](c3ccc(CC4(NC(=O)[C@H](CCC(=O)O)NC(=O)CNC(=O)CON)COC4)cc3)O[C@]12C(=O)CO. The Kier molecular flexibility index (Phi) is 11.5. The van der Waals surface area contributed by atoms with Gasteiger partial charge in [0.15, 0.2) is 23.5 Å². The highest BCUT2D eigenvalue weighted by molar-refractivity contribution is 6.01. The lowest BCUT2D eigenvalue weighted by atomic mass is 9.46. The molecule has 2 saturated heterocycles. The van der Waals surface area contributed by atoms with Crippen LogP contribution in [0.1, 0.15) is 69.8 Å². The van der Waals surface area contributed by atoms with E-state index >= 15 is 0 Å². The van der Waals surface area contributed by atoms with Gasteiger partial charge in [0, 0.05) is 35.2 Å². The van der Waals surface area contributed by atoms with E-state index in [1.807, 2.05) is 37.3 Å². The number of nitrogens with two attached hydrogens (primary N) is 1. The number of amides is 3. The molecule has 58 heavy (non-hydrogen) atoms. The highest BCUT2D eigenvalue weighted by atomic mass is 16.7. The molecule has 0 aromatic heterocycles. The van der Waals surface area contributed by atoms with E-state index in [9.17, 15) is 44.1 Å². The van der Waals surface area contributed by atoms with E-state index in [0.29, 0.717) is 24.8 Å². The highest BCUT2D eigenvalue weighted by Crippen LogP contribution is 2.70. The monoisotopic (exact) mass is 808 g/mol. The first-order valence-corrected chi connectivity index (χ1v) is 19.8. The van der Waals surface area contributed by atoms with Gasteiger partial charge in [-0.05, 0) is 61.7 Å². The van der Waals surface area contributed by atoms with Gasteiger partial charge in [-0.25, -0.2) is 5.90 Å². The van der Waals surface area contributed by atoms with Gasteiger partial charge in [0.25, 0.3) is 0 Å². The van der Waals surface area contributed by atoms with E-state index in [4.69, 9.17) is 20.1 Å². The molecule has 17 nitrogen and oxygen atoms in total. The molecule has 2 heterocycles. The van der Waals surface area contributed by atoms with Crippen molar-refractivity contribution in [1.82, 2.24) is 16.0 Å². The number of allylic oxidation sites excluding steroid dienone is 4. The molecule has 17 heteroatoms. The van der Waals surface area contributed by atoms with Crippen LogP contribution in [0.5, 0.6) is 0 Å². The summed E-state index contributed by atoms with van der Waals surface area (Å²) in [7, 11) is 0. The van der Waals surface area contributed by atoms with Crippen LogP contribution in [0.2, 0.25) is 0 Å². The van der Waals surface area contributed by atoms with Crippen molar-refractivity contribution in [3.05, 3.63) is 59.2 Å². The Morgan fingerprint density at radius 1 is 1.09 bits per heavy atom. The molecular weight excluding hydrogens is 756 g/mol. The van der Waals surface area contributed by atoms with Gasteiger partial charge in [0.1, 0.15) is 19.3 Å². The van der Waals surface area contributed by atoms with E-state index < -0.39 is 102 Å². The quantitative estimate of drug-likeness (QED) is 0.116. The van der Waals surface area contributed by atoms with Crippen LogP contribution >= 0.6 is 0 Å². The molecule has 10 atom stereocenters. The molecule has 3 amide bonds. The highest BCUT2D eigenvalue weighted by Gasteiger charge is 2.76. The fraction of sp³-hybridized carbons (Fsp3) is 0.610. The van der Waals surface area contributed by atoms with Crippen LogP contribution in [-0.2, 0) is 54.2 Å². The lowest BCUT2D eigenvalue weighted by Gasteiger charge is -2.59. The lowest BCUT2D eigenvalue weighted by molar-refractivity contribution is -0.201. The van der Waals surface area contributed by atoms with Crippen LogP contribution in [0.25, 0.3) is 0 Å². The van der Waals surface area contributed by atoms with Gasteiger partial charge in [0.2, 0.25) is 17.7 Å². The Balaban J connectivity index is 1.04. The van der Waals surface area contributed by atoms with Crippen LogP contribution in [0.15, 0.2) is 48.1 Å². The van der Waals surface area contributed by atoms with Crippen LogP contribution in [0.3, 0.4) is 0 Å². The maximum atomic E-state index is 13.9. The molecule has 0 spiro atoms. The second kappa shape index (κ2) is 16.0. The molecule has 314 valence electrons. The average molecular weight is 809 g/mol. The van der Waals surface area contributed by atoms with Crippen LogP contribution in [0.4, 0.5) is 0 Å². The number of rotatable bonds is 15. The number of carboxylic acids is 1. The summed E-state index contributed by atoms with van der Waals surface area (Å²) < 4.78 is 18.8. The minimum absolute atomic E-state index is 0.0318. The molecule has 6 aliphatic rings. The topological polar surface area (TPSA) is 262 Å². The summed E-state index contributed by atoms with van der Waals surface area (Å²) in [5.41, 5.74) is -1.20. The number of aliphatic hydroxyl groups is 2. The molecule has 4 aliphatic carbocycles. The smallest absolute Gasteiger partial charge is 0.303 e. The third kappa shape index (κ3) is 7.31. The van der Waals surface area contributed by atoms with Crippen molar-refractivity contribution in [2.24, 2.45) is 34.5 Å². The second-order valence-electron chi connectivity index (χ2n) is 17.2. The molecule has 8 N–H and O–H groups in total. The maximum absolute atomic E-state index is 13.9. The predicted molar refractivity (Wildman–Crippen MR) is 201 cm³/mol. The minimum Gasteiger partial charge on any atom is -0.481 e. The number of aliphatic hydroxyl groups excluding tert-OH is 2. The number of fused-ring (bicyclic) bond motifs is 7. The van der Waals surface area contributed by atoms with E-state index in [1.165, 1.54) is 0 Å². The Labute approximate surface area is 335 Å². The summed E-state index contributed by atoms with van der Waals surface area (Å²) in [6.07, 6.45) is 4.80. The van der Waals surface area contributed by atoms with Crippen LogP contribution < -0.4 is 21.8 Å². The van der Waals surface area contributed by atoms with Crippen LogP contribution in [-0.4, -0.2) is 113 Å². The number of aliphatic carboxylic acids is 1. The largest absolute Gasteiger partial charge is 0.481 e. The Morgan fingerprint density at radius 2 is 1.83 bits per heavy atom. The van der Waals surface area contributed by atoms with Gasteiger partial charge < -0.3 is 45.5 Å². The molecule has 1 aromatic carbocycles. The first kappa shape index (κ1) is 41.8. The molecule has 0 radical (unpaired) electrons. The molecule has 7 rings (SSSR count). The van der Waals surface area contributed by atoms with E-state index in [-0.39, 0.29) is 49.6 Å². The number of carboxylic acid groups (broad SMARTS) is 1. The number of hydrogen-bond acceptors (Lipinski definition) is 13. The van der Waals surface area contributed by atoms with Gasteiger partial charge in [0.05, 0.1) is 37.5 Å². The van der Waals surface area contributed by atoms with E-state index in [1.54, 1.807) is 12.2 Å². The number of Topliss-reactive ketones (excluding diaryl/α,β-unsaturated/α-hetero) is 1. The zero-order valence-electron chi connectivity index (χ0n) is 32.6. The zero-order valence-corrected chi connectivity index (χ0v) is 32.6. The fourth-order valence-corrected chi connectivity index (χ4v) is 11.0. The standard InChI is InChI=1S/C41H52N4O13/c1-38-12-11-25(47)13-24(38)7-8-26-27-14-31-41(30(49)18-46,39(27,2)16-29(48)35(26)38)58-37(57-31)23-5-3-22(4-6-23)15-40(20-55-21-40)45-36(54)28(9-10-34(52)53)44-32(50)17-43-33(51)19-56-42/h3-6,11-13,26-29,31,35,37,46,48H,7-10,14-21,42H2,1-2H3,(H,43,51)(H,44,50)(H,45,54)(H,52,53)/t26?,27-,28-,29-,31+,35+,37+,38-,39-,41+/m0/s1. The van der Waals surface area contributed by atoms with Crippen molar-refractivity contribution in [3.63, 3.8) is 0 Å². The summed E-state index contributed by atoms with van der Waals surface area (Å²) >= 11 is 0. The molecule has 1 unspecified atom stereocenters. The van der Waals surface area contributed by atoms with Crippen molar-refractivity contribution in [2.75, 3.05) is 33.0 Å². The number of hydrogen-bond donors (Lipinski definition) is 7. The van der Waals surface area contributed by atoms with Crippen molar-refractivity contribution in [2.45, 2.75) is 94.5 Å². The van der Waals surface area contributed by atoms with Crippen molar-refractivity contribution >= 4 is 35.3 Å². The Bertz CT molecular complexity index is 1900. The second-order valence-corrected chi connectivity index (χ2v) is 17.2. The van der Waals surface area contributed by atoms with Gasteiger partial charge in [-0.3, -0.25) is 33.6 Å². The average Bonchev–Trinajstić information content (AvgIpc) is 3.67. The maximum Gasteiger partial charge on any atom is 0.303 e. The van der Waals surface area contributed by atoms with Gasteiger partial charge >= 0.3 is 5.97 Å². The third-order valence-corrected chi connectivity index (χ3v) is 13.7. The number of benzene rings is 1. The lowest BCUT2D eigenvalue weighted by Crippen LogP contribution is -2.66. The number of carbonyl (C=O) groups is 6.